The fourth-order valence-electron chi connectivity index (χ4n) is 1.25. The first-order valence-corrected chi connectivity index (χ1v) is 7.25. The van der Waals surface area contributed by atoms with Gasteiger partial charge in [-0.15, -0.1) is 0 Å². The van der Waals surface area contributed by atoms with Crippen LogP contribution in [0.25, 0.3) is 0 Å². The summed E-state index contributed by atoms with van der Waals surface area (Å²) in [6, 6.07) is 2.46. The van der Waals surface area contributed by atoms with Gasteiger partial charge in [0.05, 0.1) is 0 Å². The Morgan fingerprint density at radius 2 is 1.36 bits per heavy atom. The van der Waals surface area contributed by atoms with E-state index in [1.165, 1.54) is 5.82 Å². The molecule has 0 unspecified atom stereocenters. The Morgan fingerprint density at radius 3 is 1.57 bits per heavy atom. The van der Waals surface area contributed by atoms with Gasteiger partial charge in [0.1, 0.15) is 8.07 Å². The standard InChI is InChI=1S/C8H15BF3Si.K/c1-4-13(5-2,6-3)8-7-9(10,11)12;/h4-6H2,1-3H3;/q-1;+1. The maximum Gasteiger partial charge on any atom is 1.00 e. The van der Waals surface area contributed by atoms with Crippen molar-refractivity contribution in [3.05, 3.63) is 0 Å². The molecule has 0 amide bonds. The zero-order chi connectivity index (χ0) is 10.5. The van der Waals surface area contributed by atoms with Crippen molar-refractivity contribution in [1.82, 2.24) is 0 Å². The fourth-order valence-corrected chi connectivity index (χ4v) is 3.75. The first-order valence-electron chi connectivity index (χ1n) is 4.63. The van der Waals surface area contributed by atoms with Crippen LogP contribution >= 0.6 is 0 Å². The van der Waals surface area contributed by atoms with E-state index in [4.69, 9.17) is 0 Å². The molecule has 0 rings (SSSR count). The second-order valence-electron chi connectivity index (χ2n) is 3.19. The van der Waals surface area contributed by atoms with E-state index < -0.39 is 15.1 Å². The van der Waals surface area contributed by atoms with Crippen LogP contribution in [0.3, 0.4) is 0 Å². The minimum absolute atomic E-state index is 0. The molecule has 14 heavy (non-hydrogen) atoms. The Hall–Kier alpha value is 1.27. The van der Waals surface area contributed by atoms with Gasteiger partial charge in [-0.3, -0.25) is 0 Å². The van der Waals surface area contributed by atoms with Crippen LogP contribution in [-0.2, 0) is 0 Å². The quantitative estimate of drug-likeness (QED) is 0.500. The first kappa shape index (κ1) is 17.7. The molecule has 0 N–H and O–H groups in total. The van der Waals surface area contributed by atoms with Crippen molar-refractivity contribution in [3.8, 4) is 11.4 Å². The van der Waals surface area contributed by atoms with E-state index in [1.807, 2.05) is 20.8 Å². The zero-order valence-electron chi connectivity index (χ0n) is 9.33. The van der Waals surface area contributed by atoms with E-state index in [1.54, 1.807) is 0 Å². The van der Waals surface area contributed by atoms with Gasteiger partial charge in [0.25, 0.3) is 0 Å². The largest absolute Gasteiger partial charge is 1.00 e. The van der Waals surface area contributed by atoms with E-state index in [-0.39, 0.29) is 51.4 Å². The van der Waals surface area contributed by atoms with Gasteiger partial charge in [0.2, 0.25) is 0 Å². The molecule has 0 heterocycles. The second kappa shape index (κ2) is 7.53. The predicted octanol–water partition coefficient (Wildman–Crippen LogP) is 0.428. The summed E-state index contributed by atoms with van der Waals surface area (Å²) < 4.78 is 35.7. The first-order chi connectivity index (χ1) is 5.89. The van der Waals surface area contributed by atoms with Gasteiger partial charge in [0.15, 0.2) is 0 Å². The molecule has 6 heteroatoms. The average Bonchev–Trinajstić information content (AvgIpc) is 2.06. The van der Waals surface area contributed by atoms with Crippen LogP contribution in [0, 0.1) is 11.4 Å². The van der Waals surface area contributed by atoms with Crippen LogP contribution in [0.2, 0.25) is 18.1 Å². The molecule has 0 aliphatic rings. The number of hydrogen-bond donors (Lipinski definition) is 0. The summed E-state index contributed by atoms with van der Waals surface area (Å²) in [5.41, 5.74) is 2.51. The van der Waals surface area contributed by atoms with Crippen LogP contribution in [0.1, 0.15) is 20.8 Å². The molecule has 0 aromatic rings. The molecule has 0 radical (unpaired) electrons. The smallest absolute Gasteiger partial charge is 0.438 e. The van der Waals surface area contributed by atoms with E-state index in [0.717, 1.165) is 18.1 Å². The van der Waals surface area contributed by atoms with Crippen molar-refractivity contribution in [1.29, 1.82) is 0 Å². The molecule has 0 atom stereocenters. The molecule has 76 valence electrons. The van der Waals surface area contributed by atoms with Crippen LogP contribution in [0.5, 0.6) is 0 Å². The molecule has 0 aromatic heterocycles. The summed E-state index contributed by atoms with van der Waals surface area (Å²) >= 11 is 0. The number of halogens is 3. The van der Waals surface area contributed by atoms with Crippen molar-refractivity contribution in [3.63, 3.8) is 0 Å². The normalized spacial score (nSPS) is 11.3. The Kier molecular flexibility index (Phi) is 9.49. The van der Waals surface area contributed by atoms with Crippen LogP contribution < -0.4 is 51.4 Å². The third-order valence-electron chi connectivity index (χ3n) is 2.53. The molecule has 0 spiro atoms. The minimum Gasteiger partial charge on any atom is -0.438 e. The third-order valence-corrected chi connectivity index (χ3v) is 7.27. The SMILES string of the molecule is CC[Si](C#C[B-](F)(F)F)(CC)CC.[K+]. The third kappa shape index (κ3) is 6.70. The van der Waals surface area contributed by atoms with Crippen molar-refractivity contribution in [2.75, 3.05) is 0 Å². The second-order valence-corrected chi connectivity index (χ2v) is 8.12. The van der Waals surface area contributed by atoms with Crippen LogP contribution in [-0.4, -0.2) is 15.1 Å². The summed E-state index contributed by atoms with van der Waals surface area (Å²) in [4.78, 5) is 0. The van der Waals surface area contributed by atoms with Crippen molar-refractivity contribution in [2.45, 2.75) is 38.9 Å². The Bertz CT molecular complexity index is 207. The summed E-state index contributed by atoms with van der Waals surface area (Å²) in [7, 11) is -1.89. The topological polar surface area (TPSA) is 0 Å². The van der Waals surface area contributed by atoms with Gasteiger partial charge in [-0.1, -0.05) is 20.8 Å². The Morgan fingerprint density at radius 1 is 1.00 bits per heavy atom. The van der Waals surface area contributed by atoms with E-state index in [2.05, 4.69) is 5.54 Å². The Balaban J connectivity index is 0. The van der Waals surface area contributed by atoms with Crippen molar-refractivity contribution < 1.29 is 64.3 Å². The van der Waals surface area contributed by atoms with Gasteiger partial charge in [-0.05, 0) is 18.1 Å². The summed E-state index contributed by atoms with van der Waals surface area (Å²) in [5.74, 6) is 1.49. The van der Waals surface area contributed by atoms with Gasteiger partial charge in [0, 0.05) is 0 Å². The predicted molar refractivity (Wildman–Crippen MR) is 54.1 cm³/mol. The zero-order valence-corrected chi connectivity index (χ0v) is 13.5. The van der Waals surface area contributed by atoms with Gasteiger partial charge >= 0.3 is 58.4 Å². The molecule has 0 fully saturated rings. The molecule has 0 nitrogen and oxygen atoms in total. The van der Waals surface area contributed by atoms with Crippen molar-refractivity contribution in [2.24, 2.45) is 0 Å². The fraction of sp³-hybridized carbons (Fsp3) is 0.750. The molecule has 0 bridgehead atoms. The molecule has 0 saturated heterocycles. The summed E-state index contributed by atoms with van der Waals surface area (Å²) in [5, 5.41) is 0. The average molecular weight is 246 g/mol. The van der Waals surface area contributed by atoms with E-state index in [9.17, 15) is 12.9 Å². The van der Waals surface area contributed by atoms with E-state index in [0.29, 0.717) is 0 Å². The molecule has 0 aliphatic carbocycles. The Labute approximate surface area is 128 Å². The molecule has 0 aromatic carbocycles. The van der Waals surface area contributed by atoms with E-state index >= 15 is 0 Å². The summed E-state index contributed by atoms with van der Waals surface area (Å²) in [6.07, 6.45) is 0. The van der Waals surface area contributed by atoms with Gasteiger partial charge in [-0.25, -0.2) is 5.82 Å². The van der Waals surface area contributed by atoms with Crippen LogP contribution in [0.4, 0.5) is 12.9 Å². The van der Waals surface area contributed by atoms with Gasteiger partial charge in [-0.2, -0.15) is 5.54 Å². The monoisotopic (exact) mass is 246 g/mol. The van der Waals surface area contributed by atoms with Crippen LogP contribution in [0.15, 0.2) is 0 Å². The number of rotatable bonds is 3. The van der Waals surface area contributed by atoms with Crippen molar-refractivity contribution >= 4 is 15.1 Å². The maximum atomic E-state index is 11.9. The minimum atomic E-state index is -4.92. The molecular weight excluding hydrogens is 231 g/mol. The molecular formula is C8H15BF3KSi. The maximum absolute atomic E-state index is 11.9. The molecule has 0 saturated carbocycles. The molecule has 0 aliphatic heterocycles. The van der Waals surface area contributed by atoms with Gasteiger partial charge < -0.3 is 12.9 Å². The number of hydrogen-bond acceptors (Lipinski definition) is 0. The summed E-state index contributed by atoms with van der Waals surface area (Å²) in [6.45, 7) is 0.909.